The summed E-state index contributed by atoms with van der Waals surface area (Å²) < 4.78 is 6.79. The number of aliphatic hydroxyl groups is 1. The Morgan fingerprint density at radius 3 is 2.62 bits per heavy atom. The standard InChI is InChI=1S/C28H34O3S/c1-17(2)28(30)14-13-24-23-11-7-19-15-20(29)8-12-22(19)25(23)26(31-16-27(24,28)3)18-5-9-21(32-4)10-6-18/h5-6,9-10,15,23-24,26,30H,1,7-8,11-14,16H2,2-4H3/t23?,24?,26?,27?,28-/m1/s1. The van der Waals surface area contributed by atoms with E-state index in [1.807, 2.05) is 13.0 Å². The van der Waals surface area contributed by atoms with Crippen LogP contribution in [0.4, 0.5) is 0 Å². The molecule has 4 heteroatoms. The molecule has 0 radical (unpaired) electrons. The van der Waals surface area contributed by atoms with Crippen molar-refractivity contribution in [2.75, 3.05) is 12.9 Å². The Kier molecular flexibility index (Phi) is 5.55. The average Bonchev–Trinajstić information content (AvgIpc) is 2.97. The van der Waals surface area contributed by atoms with E-state index in [9.17, 15) is 9.90 Å². The van der Waals surface area contributed by atoms with Crippen LogP contribution in [0.5, 0.6) is 0 Å². The molecule has 2 fully saturated rings. The second-order valence-corrected chi connectivity index (χ2v) is 11.3. The highest BCUT2D eigenvalue weighted by atomic mass is 32.2. The maximum atomic E-state index is 12.2. The average molecular weight is 451 g/mol. The molecule has 4 aliphatic rings. The molecule has 0 spiro atoms. The lowest BCUT2D eigenvalue weighted by molar-refractivity contribution is -0.114. The van der Waals surface area contributed by atoms with Gasteiger partial charge < -0.3 is 9.84 Å². The molecule has 0 amide bonds. The predicted molar refractivity (Wildman–Crippen MR) is 130 cm³/mol. The topological polar surface area (TPSA) is 46.5 Å². The summed E-state index contributed by atoms with van der Waals surface area (Å²) in [4.78, 5) is 13.4. The highest BCUT2D eigenvalue weighted by molar-refractivity contribution is 7.98. The molecular formula is C28H34O3S. The van der Waals surface area contributed by atoms with Crippen LogP contribution in [-0.4, -0.2) is 29.4 Å². The van der Waals surface area contributed by atoms with Crippen molar-refractivity contribution in [3.63, 3.8) is 0 Å². The number of rotatable bonds is 3. The number of carbonyl (C=O) groups is 1. The van der Waals surface area contributed by atoms with Crippen molar-refractivity contribution < 1.29 is 14.6 Å². The van der Waals surface area contributed by atoms with Gasteiger partial charge >= 0.3 is 0 Å². The van der Waals surface area contributed by atoms with Gasteiger partial charge in [0.15, 0.2) is 5.78 Å². The fraction of sp³-hybridized carbons (Fsp3) is 0.536. The molecule has 1 aromatic carbocycles. The first-order chi connectivity index (χ1) is 15.3. The molecule has 170 valence electrons. The first-order valence-corrected chi connectivity index (χ1v) is 13.1. The lowest BCUT2D eigenvalue weighted by Crippen LogP contribution is -2.49. The van der Waals surface area contributed by atoms with Crippen LogP contribution in [-0.2, 0) is 9.53 Å². The Hall–Kier alpha value is -1.62. The predicted octanol–water partition coefficient (Wildman–Crippen LogP) is 6.20. The molecule has 5 atom stereocenters. The summed E-state index contributed by atoms with van der Waals surface area (Å²) in [7, 11) is 0. The summed E-state index contributed by atoms with van der Waals surface area (Å²) in [6.07, 6.45) is 8.96. The van der Waals surface area contributed by atoms with Crippen LogP contribution in [0.15, 0.2) is 64.1 Å². The van der Waals surface area contributed by atoms with E-state index in [1.54, 1.807) is 11.8 Å². The first kappa shape index (κ1) is 22.2. The van der Waals surface area contributed by atoms with Crippen LogP contribution in [0.25, 0.3) is 0 Å². The Balaban J connectivity index is 1.67. The zero-order valence-corrected chi connectivity index (χ0v) is 20.3. The first-order valence-electron chi connectivity index (χ1n) is 11.9. The fourth-order valence-electron chi connectivity index (χ4n) is 7.02. The van der Waals surface area contributed by atoms with E-state index in [0.29, 0.717) is 24.9 Å². The Morgan fingerprint density at radius 1 is 1.19 bits per heavy atom. The van der Waals surface area contributed by atoms with Crippen molar-refractivity contribution in [1.82, 2.24) is 0 Å². The van der Waals surface area contributed by atoms with Crippen LogP contribution < -0.4 is 0 Å². The van der Waals surface area contributed by atoms with Crippen LogP contribution in [0.1, 0.15) is 64.0 Å². The van der Waals surface area contributed by atoms with Crippen molar-refractivity contribution >= 4 is 17.5 Å². The van der Waals surface area contributed by atoms with Crippen LogP contribution in [0.3, 0.4) is 0 Å². The molecule has 0 aromatic heterocycles. The van der Waals surface area contributed by atoms with Gasteiger partial charge in [-0.25, -0.2) is 0 Å². The minimum atomic E-state index is -0.899. The number of benzene rings is 1. The van der Waals surface area contributed by atoms with Crippen LogP contribution >= 0.6 is 11.8 Å². The summed E-state index contributed by atoms with van der Waals surface area (Å²) in [6, 6.07) is 8.74. The van der Waals surface area contributed by atoms with Crippen molar-refractivity contribution in [3.05, 3.63) is 64.8 Å². The molecule has 1 heterocycles. The Morgan fingerprint density at radius 2 is 1.94 bits per heavy atom. The lowest BCUT2D eigenvalue weighted by atomic mass is 9.61. The normalized spacial score (nSPS) is 36.7. The van der Waals surface area contributed by atoms with E-state index < -0.39 is 5.60 Å². The van der Waals surface area contributed by atoms with E-state index in [0.717, 1.165) is 37.7 Å². The molecule has 5 rings (SSSR count). The number of allylic oxidation sites excluding steroid dienone is 3. The number of hydrogen-bond donors (Lipinski definition) is 1. The summed E-state index contributed by atoms with van der Waals surface area (Å²) in [5.41, 5.74) is 4.72. The van der Waals surface area contributed by atoms with Crippen molar-refractivity contribution in [3.8, 4) is 0 Å². The number of hydrogen-bond acceptors (Lipinski definition) is 4. The monoisotopic (exact) mass is 450 g/mol. The van der Waals surface area contributed by atoms with Gasteiger partial charge in [0, 0.05) is 16.7 Å². The van der Waals surface area contributed by atoms with E-state index in [4.69, 9.17) is 4.74 Å². The highest BCUT2D eigenvalue weighted by Crippen LogP contribution is 2.63. The maximum absolute atomic E-state index is 12.2. The smallest absolute Gasteiger partial charge is 0.156 e. The zero-order valence-electron chi connectivity index (χ0n) is 19.4. The summed E-state index contributed by atoms with van der Waals surface area (Å²) in [6.45, 7) is 8.88. The number of thioether (sulfide) groups is 1. The Labute approximate surface area is 196 Å². The molecule has 1 aliphatic heterocycles. The van der Waals surface area contributed by atoms with Gasteiger partial charge in [-0.3, -0.25) is 4.79 Å². The van der Waals surface area contributed by atoms with Crippen molar-refractivity contribution in [2.45, 2.75) is 69.0 Å². The SMILES string of the molecule is C=C(C)[C@]1(O)CCC2C3CCC4=CC(=O)CCC4=C3C(c3ccc(SC)cc3)OCC21C. The van der Waals surface area contributed by atoms with Gasteiger partial charge in [-0.15, -0.1) is 11.8 Å². The summed E-state index contributed by atoms with van der Waals surface area (Å²) >= 11 is 1.74. The minimum absolute atomic E-state index is 0.125. The lowest BCUT2D eigenvalue weighted by Gasteiger charge is -2.45. The minimum Gasteiger partial charge on any atom is -0.385 e. The molecule has 3 aliphatic carbocycles. The van der Waals surface area contributed by atoms with E-state index in [-0.39, 0.29) is 17.3 Å². The fourth-order valence-corrected chi connectivity index (χ4v) is 7.43. The van der Waals surface area contributed by atoms with E-state index >= 15 is 0 Å². The van der Waals surface area contributed by atoms with Gasteiger partial charge in [0.25, 0.3) is 0 Å². The molecule has 0 bridgehead atoms. The molecular weight excluding hydrogens is 416 g/mol. The second-order valence-electron chi connectivity index (χ2n) is 10.4. The van der Waals surface area contributed by atoms with E-state index in [2.05, 4.69) is 44.0 Å². The molecule has 1 saturated heterocycles. The molecule has 3 nitrogen and oxygen atoms in total. The van der Waals surface area contributed by atoms with Crippen LogP contribution in [0, 0.1) is 17.3 Å². The van der Waals surface area contributed by atoms with Gasteiger partial charge in [-0.1, -0.05) is 25.6 Å². The number of ether oxygens (including phenoxy) is 1. The van der Waals surface area contributed by atoms with Gasteiger partial charge in [0.2, 0.25) is 0 Å². The van der Waals surface area contributed by atoms with Crippen molar-refractivity contribution in [1.29, 1.82) is 0 Å². The third-order valence-electron chi connectivity index (χ3n) is 8.84. The molecule has 1 saturated carbocycles. The van der Waals surface area contributed by atoms with Crippen LogP contribution in [0.2, 0.25) is 0 Å². The molecule has 32 heavy (non-hydrogen) atoms. The third kappa shape index (κ3) is 3.21. The van der Waals surface area contributed by atoms with Gasteiger partial charge in [-0.05, 0) is 103 Å². The summed E-state index contributed by atoms with van der Waals surface area (Å²) in [5.74, 6) is 0.961. The van der Waals surface area contributed by atoms with E-state index in [1.165, 1.54) is 27.2 Å². The van der Waals surface area contributed by atoms with Gasteiger partial charge in [-0.2, -0.15) is 0 Å². The third-order valence-corrected chi connectivity index (χ3v) is 9.58. The number of ketones is 1. The quantitative estimate of drug-likeness (QED) is 0.440. The largest absolute Gasteiger partial charge is 0.385 e. The zero-order chi connectivity index (χ0) is 22.7. The molecule has 1 N–H and O–H groups in total. The highest BCUT2D eigenvalue weighted by Gasteiger charge is 2.61. The second kappa shape index (κ2) is 8.00. The van der Waals surface area contributed by atoms with Gasteiger partial charge in [0.05, 0.1) is 12.2 Å². The van der Waals surface area contributed by atoms with Crippen molar-refractivity contribution in [2.24, 2.45) is 17.3 Å². The maximum Gasteiger partial charge on any atom is 0.156 e. The Bertz CT molecular complexity index is 1020. The van der Waals surface area contributed by atoms with Gasteiger partial charge in [0.1, 0.15) is 6.10 Å². The summed E-state index contributed by atoms with van der Waals surface area (Å²) in [5, 5.41) is 11.8. The molecule has 4 unspecified atom stereocenters. The molecule has 1 aromatic rings. The number of carbonyl (C=O) groups excluding carboxylic acids is 1. The number of fused-ring (bicyclic) bond motifs is 4.